The molecular weight excluding hydrogens is 200 g/mol. The van der Waals surface area contributed by atoms with Crippen LogP contribution >= 0.6 is 0 Å². The zero-order valence-electron chi connectivity index (χ0n) is 8.97. The van der Waals surface area contributed by atoms with E-state index >= 15 is 0 Å². The van der Waals surface area contributed by atoms with E-state index in [-0.39, 0.29) is 5.91 Å². The number of nitrogens with one attached hydrogen (secondary N) is 1. The van der Waals surface area contributed by atoms with Gasteiger partial charge in [-0.25, -0.2) is 0 Å². The van der Waals surface area contributed by atoms with E-state index in [1.807, 2.05) is 37.3 Å². The van der Waals surface area contributed by atoms with Crippen LogP contribution in [-0.2, 0) is 4.79 Å². The number of rotatable bonds is 2. The molecule has 2 rings (SSSR count). The van der Waals surface area contributed by atoms with Gasteiger partial charge in [-0.05, 0) is 37.3 Å². The maximum absolute atomic E-state index is 11.3. The lowest BCUT2D eigenvalue weighted by Gasteiger charge is -2.03. The first-order valence-corrected chi connectivity index (χ1v) is 5.08. The van der Waals surface area contributed by atoms with E-state index in [9.17, 15) is 4.79 Å². The number of allylic oxidation sites excluding steroid dienone is 1. The van der Waals surface area contributed by atoms with Gasteiger partial charge in [-0.2, -0.15) is 0 Å². The third-order valence-corrected chi connectivity index (χ3v) is 2.19. The Labute approximate surface area is 93.8 Å². The number of carbonyl (C=O) groups excluding carboxylic acids is 1. The second kappa shape index (κ2) is 4.57. The number of nitrogens with zero attached hydrogens (tertiary/aromatic N) is 1. The smallest absolute Gasteiger partial charge is 0.248 e. The molecule has 0 saturated heterocycles. The maximum Gasteiger partial charge on any atom is 0.248 e. The van der Waals surface area contributed by atoms with Crippen molar-refractivity contribution in [3.8, 4) is 0 Å². The van der Waals surface area contributed by atoms with Crippen LogP contribution in [0, 0.1) is 0 Å². The van der Waals surface area contributed by atoms with Crippen LogP contribution in [0.5, 0.6) is 0 Å². The van der Waals surface area contributed by atoms with Gasteiger partial charge in [0.15, 0.2) is 0 Å². The Morgan fingerprint density at radius 3 is 3.06 bits per heavy atom. The molecule has 0 fully saturated rings. The summed E-state index contributed by atoms with van der Waals surface area (Å²) in [5.41, 5.74) is 1.70. The molecule has 1 heterocycles. The van der Waals surface area contributed by atoms with E-state index in [1.165, 1.54) is 6.08 Å². The lowest BCUT2D eigenvalue weighted by molar-refractivity contribution is -0.111. The van der Waals surface area contributed by atoms with E-state index in [1.54, 1.807) is 12.3 Å². The fourth-order valence-corrected chi connectivity index (χ4v) is 1.49. The Morgan fingerprint density at radius 2 is 2.25 bits per heavy atom. The van der Waals surface area contributed by atoms with Crippen LogP contribution in [0.4, 0.5) is 5.69 Å². The Morgan fingerprint density at radius 1 is 1.38 bits per heavy atom. The molecule has 3 heteroatoms. The molecule has 1 N–H and O–H groups in total. The van der Waals surface area contributed by atoms with Crippen LogP contribution in [-0.4, -0.2) is 10.9 Å². The summed E-state index contributed by atoms with van der Waals surface area (Å²) in [6.45, 7) is 1.81. The topological polar surface area (TPSA) is 42.0 Å². The van der Waals surface area contributed by atoms with Gasteiger partial charge in [-0.15, -0.1) is 0 Å². The minimum atomic E-state index is -0.120. The molecule has 0 aliphatic carbocycles. The van der Waals surface area contributed by atoms with Gasteiger partial charge >= 0.3 is 0 Å². The first-order valence-electron chi connectivity index (χ1n) is 5.08. The monoisotopic (exact) mass is 212 g/mol. The summed E-state index contributed by atoms with van der Waals surface area (Å²) in [7, 11) is 0. The molecule has 3 nitrogen and oxygen atoms in total. The Kier molecular flexibility index (Phi) is 2.96. The van der Waals surface area contributed by atoms with Gasteiger partial charge in [0.05, 0.1) is 5.52 Å². The van der Waals surface area contributed by atoms with Crippen molar-refractivity contribution in [2.75, 3.05) is 5.32 Å². The highest BCUT2D eigenvalue weighted by atomic mass is 16.1. The van der Waals surface area contributed by atoms with Crippen molar-refractivity contribution in [1.29, 1.82) is 0 Å². The Bertz CT molecular complexity index is 546. The summed E-state index contributed by atoms with van der Waals surface area (Å²) in [6.07, 6.45) is 4.95. The molecule has 2 aromatic rings. The van der Waals surface area contributed by atoms with E-state index in [2.05, 4.69) is 10.3 Å². The van der Waals surface area contributed by atoms with Crippen molar-refractivity contribution in [3.05, 3.63) is 48.7 Å². The quantitative estimate of drug-likeness (QED) is 0.778. The molecule has 1 aromatic heterocycles. The minimum Gasteiger partial charge on any atom is -0.322 e. The van der Waals surface area contributed by atoms with Crippen molar-refractivity contribution in [3.63, 3.8) is 0 Å². The average Bonchev–Trinajstić information content (AvgIpc) is 2.29. The fraction of sp³-hybridized carbons (Fsp3) is 0.0769. The van der Waals surface area contributed by atoms with E-state index in [0.29, 0.717) is 0 Å². The zero-order valence-corrected chi connectivity index (χ0v) is 8.97. The fourth-order valence-electron chi connectivity index (χ4n) is 1.49. The standard InChI is InChI=1S/C13H12N2O/c1-2-4-13(16)15-11-6-7-12-10(9-11)5-3-8-14-12/h2-9H,1H3,(H,15,16). The normalized spacial score (nSPS) is 10.8. The Balaban J connectivity index is 2.29. The Hall–Kier alpha value is -2.16. The number of hydrogen-bond donors (Lipinski definition) is 1. The first kappa shape index (κ1) is 10.4. The molecule has 16 heavy (non-hydrogen) atoms. The summed E-state index contributed by atoms with van der Waals surface area (Å²) in [6, 6.07) is 9.48. The summed E-state index contributed by atoms with van der Waals surface area (Å²) >= 11 is 0. The number of amides is 1. The predicted octanol–water partition coefficient (Wildman–Crippen LogP) is 2.75. The molecule has 0 atom stereocenters. The second-order valence-corrected chi connectivity index (χ2v) is 3.40. The average molecular weight is 212 g/mol. The molecule has 1 aromatic carbocycles. The van der Waals surface area contributed by atoms with Crippen LogP contribution in [0.15, 0.2) is 48.7 Å². The summed E-state index contributed by atoms with van der Waals surface area (Å²) in [5, 5.41) is 3.80. The zero-order chi connectivity index (χ0) is 11.4. The van der Waals surface area contributed by atoms with Crippen LogP contribution in [0.1, 0.15) is 6.92 Å². The van der Waals surface area contributed by atoms with Gasteiger partial charge < -0.3 is 5.32 Å². The lowest BCUT2D eigenvalue weighted by Crippen LogP contribution is -2.07. The second-order valence-electron chi connectivity index (χ2n) is 3.40. The van der Waals surface area contributed by atoms with E-state index in [0.717, 1.165) is 16.6 Å². The predicted molar refractivity (Wildman–Crippen MR) is 65.2 cm³/mol. The highest BCUT2D eigenvalue weighted by Gasteiger charge is 1.99. The van der Waals surface area contributed by atoms with Gasteiger partial charge in [0.25, 0.3) is 0 Å². The van der Waals surface area contributed by atoms with Crippen LogP contribution in [0.3, 0.4) is 0 Å². The number of carbonyl (C=O) groups is 1. The van der Waals surface area contributed by atoms with Crippen LogP contribution < -0.4 is 5.32 Å². The van der Waals surface area contributed by atoms with Crippen LogP contribution in [0.2, 0.25) is 0 Å². The highest BCUT2D eigenvalue weighted by Crippen LogP contribution is 2.16. The molecule has 80 valence electrons. The molecule has 0 spiro atoms. The number of benzene rings is 1. The van der Waals surface area contributed by atoms with Crippen molar-refractivity contribution < 1.29 is 4.79 Å². The van der Waals surface area contributed by atoms with E-state index < -0.39 is 0 Å². The highest BCUT2D eigenvalue weighted by molar-refractivity contribution is 6.00. The van der Waals surface area contributed by atoms with Crippen LogP contribution in [0.25, 0.3) is 10.9 Å². The third-order valence-electron chi connectivity index (χ3n) is 2.19. The first-order chi connectivity index (χ1) is 7.79. The molecule has 0 saturated carbocycles. The molecule has 0 radical (unpaired) electrons. The number of fused-ring (bicyclic) bond motifs is 1. The van der Waals surface area contributed by atoms with E-state index in [4.69, 9.17) is 0 Å². The van der Waals surface area contributed by atoms with Gasteiger partial charge in [0.2, 0.25) is 5.91 Å². The van der Waals surface area contributed by atoms with Crippen molar-refractivity contribution in [2.45, 2.75) is 6.92 Å². The molecule has 1 amide bonds. The molecule has 0 bridgehead atoms. The van der Waals surface area contributed by atoms with Gasteiger partial charge in [0, 0.05) is 17.3 Å². The molecule has 0 unspecified atom stereocenters. The van der Waals surface area contributed by atoms with Gasteiger partial charge in [-0.1, -0.05) is 12.1 Å². The summed E-state index contributed by atoms with van der Waals surface area (Å²) < 4.78 is 0. The number of anilines is 1. The van der Waals surface area contributed by atoms with Crippen molar-refractivity contribution >= 4 is 22.5 Å². The van der Waals surface area contributed by atoms with Gasteiger partial charge in [-0.3, -0.25) is 9.78 Å². The SMILES string of the molecule is CC=CC(=O)Nc1ccc2ncccc2c1. The third kappa shape index (κ3) is 2.25. The maximum atomic E-state index is 11.3. The van der Waals surface area contributed by atoms with Gasteiger partial charge in [0.1, 0.15) is 0 Å². The minimum absolute atomic E-state index is 0.120. The number of hydrogen-bond acceptors (Lipinski definition) is 2. The number of aromatic nitrogens is 1. The van der Waals surface area contributed by atoms with Crippen molar-refractivity contribution in [2.24, 2.45) is 0 Å². The summed E-state index contributed by atoms with van der Waals surface area (Å²) in [4.78, 5) is 15.5. The van der Waals surface area contributed by atoms with Crippen molar-refractivity contribution in [1.82, 2.24) is 4.98 Å². The molecule has 0 aliphatic heterocycles. The number of pyridine rings is 1. The lowest BCUT2D eigenvalue weighted by atomic mass is 10.2. The largest absolute Gasteiger partial charge is 0.322 e. The molecule has 0 aliphatic rings. The summed E-state index contributed by atoms with van der Waals surface area (Å²) in [5.74, 6) is -0.120. The molecular formula is C13H12N2O.